The maximum atomic E-state index is 4.99. The second-order valence-corrected chi connectivity index (χ2v) is 2.34. The number of nitrogens with one attached hydrogen (secondary N) is 1. The van der Waals surface area contributed by atoms with Gasteiger partial charge in [0.15, 0.2) is 11.5 Å². The highest BCUT2D eigenvalue weighted by atomic mass is 16.6. The van der Waals surface area contributed by atoms with E-state index in [4.69, 9.17) is 11.3 Å². The molecule has 0 saturated heterocycles. The van der Waals surface area contributed by atoms with Crippen LogP contribution in [0, 0.1) is 12.3 Å². The smallest absolute Gasteiger partial charge is 0.200 e. The van der Waals surface area contributed by atoms with E-state index in [9.17, 15) is 0 Å². The van der Waals surface area contributed by atoms with Gasteiger partial charge in [0.25, 0.3) is 0 Å². The van der Waals surface area contributed by atoms with E-state index in [1.807, 2.05) is 0 Å². The van der Waals surface area contributed by atoms with E-state index < -0.39 is 0 Å². The van der Waals surface area contributed by atoms with E-state index in [1.165, 1.54) is 4.63 Å². The summed E-state index contributed by atoms with van der Waals surface area (Å²) >= 11 is 0. The Labute approximate surface area is 79.0 Å². The summed E-state index contributed by atoms with van der Waals surface area (Å²) < 4.78 is 1.28. The number of rotatable bonds is 3. The summed E-state index contributed by atoms with van der Waals surface area (Å²) in [4.78, 5) is 4.86. The molecule has 1 N–H and O–H groups in total. The number of anilines is 1. The molecule has 0 bridgehead atoms. The van der Waals surface area contributed by atoms with E-state index in [0.29, 0.717) is 11.5 Å². The van der Waals surface area contributed by atoms with Crippen molar-refractivity contribution in [3.05, 3.63) is 12.1 Å². The van der Waals surface area contributed by atoms with Crippen LogP contribution in [0.25, 0.3) is 5.65 Å². The van der Waals surface area contributed by atoms with Gasteiger partial charge in [-0.15, -0.1) is 21.3 Å². The lowest BCUT2D eigenvalue weighted by Gasteiger charge is -2.01. The minimum Gasteiger partial charge on any atom is -0.262 e. The van der Waals surface area contributed by atoms with E-state index in [1.54, 1.807) is 12.1 Å². The van der Waals surface area contributed by atoms with Crippen LogP contribution in [0.15, 0.2) is 12.1 Å². The number of terminal acetylenes is 1. The van der Waals surface area contributed by atoms with Gasteiger partial charge < -0.3 is 0 Å². The second-order valence-electron chi connectivity index (χ2n) is 2.34. The lowest BCUT2D eigenvalue weighted by atomic mass is 10.5. The molecule has 7 nitrogen and oxygen atoms in total. The van der Waals surface area contributed by atoms with Crippen molar-refractivity contribution >= 4 is 11.5 Å². The largest absolute Gasteiger partial charge is 0.262 e. The molecule has 0 amide bonds. The molecular formula is C7H6N6O. The Kier molecular flexibility index (Phi) is 2.21. The first-order chi connectivity index (χ1) is 6.90. The fraction of sp³-hybridized carbons (Fsp3) is 0.143. The predicted octanol–water partition coefficient (Wildman–Crippen LogP) is -0.504. The van der Waals surface area contributed by atoms with Gasteiger partial charge in [0.05, 0.1) is 0 Å². The Morgan fingerprint density at radius 2 is 2.50 bits per heavy atom. The summed E-state index contributed by atoms with van der Waals surface area (Å²) in [5.41, 5.74) is 3.12. The van der Waals surface area contributed by atoms with Gasteiger partial charge in [-0.25, -0.2) is 5.48 Å². The predicted molar refractivity (Wildman–Crippen MR) is 47.0 cm³/mol. The highest BCUT2D eigenvalue weighted by Gasteiger charge is 1.99. The molecule has 0 saturated carbocycles. The third kappa shape index (κ3) is 1.60. The summed E-state index contributed by atoms with van der Waals surface area (Å²) in [6, 6.07) is 3.39. The number of fused-ring (bicyclic) bond motifs is 1. The van der Waals surface area contributed by atoms with Gasteiger partial charge in [-0.2, -0.15) is 0 Å². The first kappa shape index (κ1) is 8.40. The van der Waals surface area contributed by atoms with Crippen molar-refractivity contribution < 1.29 is 4.84 Å². The standard InChI is InChI=1S/C7H6N6O/c1-2-5-14-10-6-3-4-7-8-11-12-13(7)9-6/h1,3-4H,5H2,(H,9,10). The van der Waals surface area contributed by atoms with Crippen LogP contribution in [0.4, 0.5) is 5.82 Å². The Morgan fingerprint density at radius 3 is 3.36 bits per heavy atom. The average molecular weight is 190 g/mol. The fourth-order valence-electron chi connectivity index (χ4n) is 0.856. The molecular weight excluding hydrogens is 184 g/mol. The molecule has 0 aliphatic heterocycles. The van der Waals surface area contributed by atoms with Gasteiger partial charge in [-0.3, -0.25) is 4.84 Å². The Hall–Kier alpha value is -2.20. The number of aromatic nitrogens is 5. The molecule has 0 radical (unpaired) electrons. The molecule has 7 heteroatoms. The summed E-state index contributed by atoms with van der Waals surface area (Å²) in [7, 11) is 0. The van der Waals surface area contributed by atoms with Crippen molar-refractivity contribution in [3.8, 4) is 12.3 Å². The summed E-state index contributed by atoms with van der Waals surface area (Å²) in [6.07, 6.45) is 4.99. The van der Waals surface area contributed by atoms with Crippen LogP contribution in [0.1, 0.15) is 0 Å². The monoisotopic (exact) mass is 190 g/mol. The van der Waals surface area contributed by atoms with E-state index in [2.05, 4.69) is 32.0 Å². The minimum atomic E-state index is 0.162. The van der Waals surface area contributed by atoms with Gasteiger partial charge in [0.1, 0.15) is 6.61 Å². The van der Waals surface area contributed by atoms with Gasteiger partial charge in [-0.1, -0.05) is 5.92 Å². The molecule has 0 atom stereocenters. The summed E-state index contributed by atoms with van der Waals surface area (Å²) in [5, 5.41) is 14.7. The van der Waals surface area contributed by atoms with Crippen LogP contribution in [-0.2, 0) is 4.84 Å². The van der Waals surface area contributed by atoms with Gasteiger partial charge in [0.2, 0.25) is 0 Å². The van der Waals surface area contributed by atoms with Crippen molar-refractivity contribution in [2.24, 2.45) is 0 Å². The molecule has 0 aliphatic rings. The van der Waals surface area contributed by atoms with Gasteiger partial charge in [-0.05, 0) is 22.6 Å². The maximum Gasteiger partial charge on any atom is 0.200 e. The molecule has 0 aliphatic carbocycles. The first-order valence-electron chi connectivity index (χ1n) is 3.77. The Bertz CT molecular complexity index is 472. The Balaban J connectivity index is 2.14. The third-order valence-electron chi connectivity index (χ3n) is 1.40. The van der Waals surface area contributed by atoms with Crippen LogP contribution in [0.2, 0.25) is 0 Å². The average Bonchev–Trinajstić information content (AvgIpc) is 2.65. The lowest BCUT2D eigenvalue weighted by Crippen LogP contribution is -2.05. The topological polar surface area (TPSA) is 77.2 Å². The maximum absolute atomic E-state index is 4.99. The zero-order valence-corrected chi connectivity index (χ0v) is 7.08. The minimum absolute atomic E-state index is 0.162. The van der Waals surface area contributed by atoms with E-state index in [-0.39, 0.29) is 6.61 Å². The van der Waals surface area contributed by atoms with Gasteiger partial charge in [0, 0.05) is 0 Å². The quantitative estimate of drug-likeness (QED) is 0.399. The molecule has 14 heavy (non-hydrogen) atoms. The first-order valence-corrected chi connectivity index (χ1v) is 3.77. The van der Waals surface area contributed by atoms with E-state index in [0.717, 1.165) is 0 Å². The fourth-order valence-corrected chi connectivity index (χ4v) is 0.856. The van der Waals surface area contributed by atoms with Crippen molar-refractivity contribution in [3.63, 3.8) is 0 Å². The van der Waals surface area contributed by atoms with Crippen LogP contribution in [0.5, 0.6) is 0 Å². The molecule has 2 heterocycles. The number of hydrogen-bond acceptors (Lipinski definition) is 6. The Morgan fingerprint density at radius 1 is 1.57 bits per heavy atom. The molecule has 2 aromatic rings. The van der Waals surface area contributed by atoms with E-state index >= 15 is 0 Å². The number of tetrazole rings is 1. The second kappa shape index (κ2) is 3.68. The molecule has 0 unspecified atom stereocenters. The SMILES string of the molecule is C#CCONc1ccc2nnnn2n1. The highest BCUT2D eigenvalue weighted by Crippen LogP contribution is 2.02. The summed E-state index contributed by atoms with van der Waals surface area (Å²) in [6.45, 7) is 0.162. The van der Waals surface area contributed by atoms with Crippen LogP contribution in [0.3, 0.4) is 0 Å². The molecule has 0 fully saturated rings. The molecule has 70 valence electrons. The lowest BCUT2D eigenvalue weighted by molar-refractivity contribution is 0.231. The highest BCUT2D eigenvalue weighted by molar-refractivity contribution is 5.40. The molecule has 0 spiro atoms. The zero-order chi connectivity index (χ0) is 9.80. The molecule has 0 aromatic carbocycles. The van der Waals surface area contributed by atoms with Crippen LogP contribution in [-0.4, -0.2) is 31.9 Å². The van der Waals surface area contributed by atoms with Crippen molar-refractivity contribution in [1.29, 1.82) is 0 Å². The number of hydrogen-bond donors (Lipinski definition) is 1. The number of nitrogens with zero attached hydrogens (tertiary/aromatic N) is 5. The van der Waals surface area contributed by atoms with Gasteiger partial charge >= 0.3 is 0 Å². The van der Waals surface area contributed by atoms with Crippen LogP contribution < -0.4 is 5.48 Å². The van der Waals surface area contributed by atoms with Crippen molar-refractivity contribution in [2.45, 2.75) is 0 Å². The van der Waals surface area contributed by atoms with Crippen LogP contribution >= 0.6 is 0 Å². The zero-order valence-electron chi connectivity index (χ0n) is 7.08. The third-order valence-corrected chi connectivity index (χ3v) is 1.40. The molecule has 2 aromatic heterocycles. The van der Waals surface area contributed by atoms with Crippen molar-refractivity contribution in [1.82, 2.24) is 25.3 Å². The molecule has 2 rings (SSSR count). The normalized spacial score (nSPS) is 9.93. The summed E-state index contributed by atoms with van der Waals surface area (Å²) in [5.74, 6) is 2.80. The van der Waals surface area contributed by atoms with Crippen molar-refractivity contribution in [2.75, 3.05) is 12.1 Å².